The Kier molecular flexibility index (Phi) is 3.13. The Morgan fingerprint density at radius 2 is 2.06 bits per heavy atom. The highest BCUT2D eigenvalue weighted by molar-refractivity contribution is 5.58. The van der Waals surface area contributed by atoms with E-state index < -0.39 is 0 Å². The van der Waals surface area contributed by atoms with Gasteiger partial charge in [0.05, 0.1) is 7.11 Å². The van der Waals surface area contributed by atoms with Crippen molar-refractivity contribution in [3.63, 3.8) is 0 Å². The van der Waals surface area contributed by atoms with Gasteiger partial charge in [0.2, 0.25) is 0 Å². The van der Waals surface area contributed by atoms with Crippen LogP contribution in [-0.4, -0.2) is 17.3 Å². The summed E-state index contributed by atoms with van der Waals surface area (Å²) in [6.07, 6.45) is 0. The second kappa shape index (κ2) is 4.57. The number of hydrogen-bond donors (Lipinski definition) is 0. The van der Waals surface area contributed by atoms with Crippen molar-refractivity contribution in [1.82, 2.24) is 10.1 Å². The highest BCUT2D eigenvalue weighted by Crippen LogP contribution is 2.30. The maximum absolute atomic E-state index is 5.39. The number of methoxy groups -OCH3 is 1. The fourth-order valence-electron chi connectivity index (χ4n) is 1.74. The molecule has 1 heterocycles. The van der Waals surface area contributed by atoms with Gasteiger partial charge in [0.1, 0.15) is 5.75 Å². The molecule has 4 heteroatoms. The van der Waals surface area contributed by atoms with Crippen LogP contribution in [0.2, 0.25) is 0 Å². The predicted octanol–water partition coefficient (Wildman–Crippen LogP) is 3.18. The highest BCUT2D eigenvalue weighted by Gasteiger charge is 2.12. The Balaban J connectivity index is 2.44. The maximum atomic E-state index is 5.39. The maximum Gasteiger partial charge on any atom is 0.258 e. The van der Waals surface area contributed by atoms with Crippen LogP contribution in [0.15, 0.2) is 22.7 Å². The summed E-state index contributed by atoms with van der Waals surface area (Å²) in [4.78, 5) is 4.20. The average Bonchev–Trinajstić information content (AvgIpc) is 2.75. The number of aromatic nitrogens is 2. The van der Waals surface area contributed by atoms with E-state index in [9.17, 15) is 0 Å². The van der Waals surface area contributed by atoms with E-state index in [1.54, 1.807) is 14.0 Å². The zero-order valence-electron chi connectivity index (χ0n) is 10.5. The summed E-state index contributed by atoms with van der Waals surface area (Å²) in [5, 5.41) is 3.78. The van der Waals surface area contributed by atoms with Gasteiger partial charge in [0, 0.05) is 5.56 Å². The van der Waals surface area contributed by atoms with Crippen molar-refractivity contribution >= 4 is 0 Å². The molecule has 0 saturated carbocycles. The van der Waals surface area contributed by atoms with Crippen LogP contribution in [0.25, 0.3) is 11.5 Å². The van der Waals surface area contributed by atoms with E-state index >= 15 is 0 Å². The standard InChI is InChI=1S/C13H16N2O2/c1-8(2)11-6-5-10(7-12(11)16-4)13-14-9(3)15-17-13/h5-8H,1-4H3. The van der Waals surface area contributed by atoms with Crippen LogP contribution in [0.3, 0.4) is 0 Å². The van der Waals surface area contributed by atoms with Crippen LogP contribution < -0.4 is 4.74 Å². The van der Waals surface area contributed by atoms with Gasteiger partial charge in [-0.2, -0.15) is 4.98 Å². The summed E-state index contributed by atoms with van der Waals surface area (Å²) in [7, 11) is 1.67. The smallest absolute Gasteiger partial charge is 0.258 e. The van der Waals surface area contributed by atoms with Gasteiger partial charge in [-0.25, -0.2) is 0 Å². The van der Waals surface area contributed by atoms with Gasteiger partial charge < -0.3 is 9.26 Å². The number of rotatable bonds is 3. The summed E-state index contributed by atoms with van der Waals surface area (Å²) in [5.41, 5.74) is 2.05. The lowest BCUT2D eigenvalue weighted by molar-refractivity contribution is 0.406. The molecule has 0 radical (unpaired) electrons. The summed E-state index contributed by atoms with van der Waals surface area (Å²) in [6.45, 7) is 6.06. The van der Waals surface area contributed by atoms with Gasteiger partial charge in [0.15, 0.2) is 5.82 Å². The molecule has 0 amide bonds. The summed E-state index contributed by atoms with van der Waals surface area (Å²) in [5.74, 6) is 2.43. The van der Waals surface area contributed by atoms with Crippen LogP contribution in [0.4, 0.5) is 0 Å². The molecule has 1 aromatic heterocycles. The van der Waals surface area contributed by atoms with E-state index in [1.165, 1.54) is 5.56 Å². The van der Waals surface area contributed by atoms with Crippen molar-refractivity contribution in [2.45, 2.75) is 26.7 Å². The molecule has 0 fully saturated rings. The quantitative estimate of drug-likeness (QED) is 0.815. The van der Waals surface area contributed by atoms with Crippen molar-refractivity contribution in [2.24, 2.45) is 0 Å². The second-order valence-electron chi connectivity index (χ2n) is 4.26. The van der Waals surface area contributed by atoms with E-state index in [1.807, 2.05) is 18.2 Å². The molecule has 0 aliphatic rings. The molecule has 0 aliphatic carbocycles. The fraction of sp³-hybridized carbons (Fsp3) is 0.385. The molecule has 0 bridgehead atoms. The monoisotopic (exact) mass is 232 g/mol. The average molecular weight is 232 g/mol. The minimum atomic E-state index is 0.420. The minimum absolute atomic E-state index is 0.420. The van der Waals surface area contributed by atoms with E-state index in [2.05, 4.69) is 24.0 Å². The van der Waals surface area contributed by atoms with Gasteiger partial charge in [-0.05, 0) is 30.5 Å². The van der Waals surface area contributed by atoms with Gasteiger partial charge in [-0.3, -0.25) is 0 Å². The van der Waals surface area contributed by atoms with Crippen LogP contribution in [0, 0.1) is 6.92 Å². The first kappa shape index (κ1) is 11.6. The summed E-state index contributed by atoms with van der Waals surface area (Å²) < 4.78 is 10.5. The number of aryl methyl sites for hydroxylation is 1. The molecule has 0 aliphatic heterocycles. The molecular weight excluding hydrogens is 216 g/mol. The Morgan fingerprint density at radius 3 is 2.59 bits per heavy atom. The Bertz CT molecular complexity index is 518. The topological polar surface area (TPSA) is 48.2 Å². The zero-order chi connectivity index (χ0) is 12.4. The number of benzene rings is 1. The number of hydrogen-bond acceptors (Lipinski definition) is 4. The molecule has 17 heavy (non-hydrogen) atoms. The van der Waals surface area contributed by atoms with E-state index in [4.69, 9.17) is 9.26 Å². The second-order valence-corrected chi connectivity index (χ2v) is 4.26. The van der Waals surface area contributed by atoms with Crippen molar-refractivity contribution in [1.29, 1.82) is 0 Å². The zero-order valence-corrected chi connectivity index (χ0v) is 10.5. The van der Waals surface area contributed by atoms with Crippen molar-refractivity contribution < 1.29 is 9.26 Å². The molecule has 0 N–H and O–H groups in total. The lowest BCUT2D eigenvalue weighted by Gasteiger charge is -2.12. The van der Waals surface area contributed by atoms with Crippen LogP contribution in [0.5, 0.6) is 5.75 Å². The van der Waals surface area contributed by atoms with Crippen LogP contribution in [0.1, 0.15) is 31.2 Å². The molecule has 1 aromatic carbocycles. The van der Waals surface area contributed by atoms with Gasteiger partial charge in [0.25, 0.3) is 5.89 Å². The molecule has 2 aromatic rings. The molecule has 90 valence electrons. The van der Waals surface area contributed by atoms with Crippen molar-refractivity contribution in [3.05, 3.63) is 29.6 Å². The highest BCUT2D eigenvalue weighted by atomic mass is 16.5. The van der Waals surface area contributed by atoms with Crippen molar-refractivity contribution in [2.75, 3.05) is 7.11 Å². The number of ether oxygens (including phenoxy) is 1. The van der Waals surface area contributed by atoms with Crippen molar-refractivity contribution in [3.8, 4) is 17.2 Å². The first-order chi connectivity index (χ1) is 8.11. The third-order valence-corrected chi connectivity index (χ3v) is 2.63. The minimum Gasteiger partial charge on any atom is -0.496 e. The van der Waals surface area contributed by atoms with E-state index in [0.717, 1.165) is 11.3 Å². The van der Waals surface area contributed by atoms with Crippen LogP contribution in [-0.2, 0) is 0 Å². The van der Waals surface area contributed by atoms with E-state index in [0.29, 0.717) is 17.6 Å². The third kappa shape index (κ3) is 2.30. The van der Waals surface area contributed by atoms with Gasteiger partial charge in [-0.15, -0.1) is 0 Å². The molecule has 0 spiro atoms. The predicted molar refractivity (Wildman–Crippen MR) is 65.1 cm³/mol. The first-order valence-corrected chi connectivity index (χ1v) is 5.60. The Morgan fingerprint density at radius 1 is 1.29 bits per heavy atom. The van der Waals surface area contributed by atoms with E-state index in [-0.39, 0.29) is 0 Å². The van der Waals surface area contributed by atoms with Gasteiger partial charge in [-0.1, -0.05) is 25.1 Å². The third-order valence-electron chi connectivity index (χ3n) is 2.63. The summed E-state index contributed by atoms with van der Waals surface area (Å²) >= 11 is 0. The molecule has 0 unspecified atom stereocenters. The van der Waals surface area contributed by atoms with Crippen LogP contribution >= 0.6 is 0 Å². The lowest BCUT2D eigenvalue weighted by Crippen LogP contribution is -1.94. The Hall–Kier alpha value is -1.84. The lowest BCUT2D eigenvalue weighted by atomic mass is 10.0. The molecule has 0 saturated heterocycles. The molecule has 2 rings (SSSR count). The Labute approximate surface area is 101 Å². The molecule has 4 nitrogen and oxygen atoms in total. The summed E-state index contributed by atoms with van der Waals surface area (Å²) in [6, 6.07) is 5.95. The normalized spacial score (nSPS) is 10.9. The SMILES string of the molecule is COc1cc(-c2nc(C)no2)ccc1C(C)C. The fourth-order valence-corrected chi connectivity index (χ4v) is 1.74. The number of nitrogens with zero attached hydrogens (tertiary/aromatic N) is 2. The molecular formula is C13H16N2O2. The first-order valence-electron chi connectivity index (χ1n) is 5.60. The molecule has 0 atom stereocenters. The van der Waals surface area contributed by atoms with Gasteiger partial charge >= 0.3 is 0 Å². The largest absolute Gasteiger partial charge is 0.496 e.